The number of guanidine groups is 1. The van der Waals surface area contributed by atoms with Crippen LogP contribution < -0.4 is 16.0 Å². The lowest BCUT2D eigenvalue weighted by atomic mass is 10.2. The highest BCUT2D eigenvalue weighted by Gasteiger charge is 2.15. The zero-order chi connectivity index (χ0) is 15.6. The molecule has 20 heavy (non-hydrogen) atoms. The van der Waals surface area contributed by atoms with Crippen molar-refractivity contribution in [2.24, 2.45) is 10.9 Å². The topological polar surface area (TPSA) is 74.8 Å². The minimum Gasteiger partial charge on any atom is -0.444 e. The molecule has 0 radical (unpaired) electrons. The summed E-state index contributed by atoms with van der Waals surface area (Å²) in [6, 6.07) is 0. The van der Waals surface area contributed by atoms with Gasteiger partial charge in [0.15, 0.2) is 5.96 Å². The van der Waals surface area contributed by atoms with Gasteiger partial charge < -0.3 is 20.7 Å². The van der Waals surface area contributed by atoms with Crippen molar-refractivity contribution in [3.63, 3.8) is 0 Å². The highest BCUT2D eigenvalue weighted by Crippen LogP contribution is 2.05. The molecule has 0 atom stereocenters. The van der Waals surface area contributed by atoms with Gasteiger partial charge >= 0.3 is 6.09 Å². The van der Waals surface area contributed by atoms with Gasteiger partial charge in [0.25, 0.3) is 0 Å². The van der Waals surface area contributed by atoms with E-state index in [1.54, 1.807) is 0 Å². The van der Waals surface area contributed by atoms with Crippen LogP contribution in [0.4, 0.5) is 4.79 Å². The Morgan fingerprint density at radius 1 is 1.15 bits per heavy atom. The molecule has 1 amide bonds. The molecule has 0 aromatic carbocycles. The molecule has 3 N–H and O–H groups in total. The first-order chi connectivity index (χ1) is 9.24. The summed E-state index contributed by atoms with van der Waals surface area (Å²) in [7, 11) is 0. The number of carbonyl (C=O) groups excluding carboxylic acids is 1. The van der Waals surface area contributed by atoms with Crippen LogP contribution in [0.25, 0.3) is 0 Å². The number of rotatable bonds is 6. The summed E-state index contributed by atoms with van der Waals surface area (Å²) in [6.07, 6.45) is -0.400. The van der Waals surface area contributed by atoms with Gasteiger partial charge in [-0.25, -0.2) is 4.79 Å². The maximum Gasteiger partial charge on any atom is 0.407 e. The maximum absolute atomic E-state index is 11.4. The molecule has 0 unspecified atom stereocenters. The van der Waals surface area contributed by atoms with Crippen molar-refractivity contribution in [2.45, 2.75) is 47.1 Å². The highest BCUT2D eigenvalue weighted by atomic mass is 16.6. The van der Waals surface area contributed by atoms with Crippen LogP contribution in [-0.2, 0) is 4.74 Å². The Bertz CT molecular complexity index is 309. The molecule has 0 aliphatic heterocycles. The lowest BCUT2D eigenvalue weighted by molar-refractivity contribution is 0.0529. The Kier molecular flexibility index (Phi) is 8.76. The van der Waals surface area contributed by atoms with Gasteiger partial charge in [0.05, 0.1) is 0 Å². The summed E-state index contributed by atoms with van der Waals surface area (Å²) in [6.45, 7) is 14.5. The van der Waals surface area contributed by atoms with E-state index in [2.05, 4.69) is 34.8 Å². The highest BCUT2D eigenvalue weighted by molar-refractivity contribution is 5.79. The van der Waals surface area contributed by atoms with Crippen molar-refractivity contribution < 1.29 is 9.53 Å². The molecule has 118 valence electrons. The van der Waals surface area contributed by atoms with Gasteiger partial charge in [0.2, 0.25) is 0 Å². The van der Waals surface area contributed by atoms with Crippen molar-refractivity contribution >= 4 is 12.1 Å². The van der Waals surface area contributed by atoms with E-state index in [0.717, 1.165) is 19.0 Å². The second-order valence-electron chi connectivity index (χ2n) is 5.97. The molecule has 0 aliphatic carbocycles. The van der Waals surface area contributed by atoms with Crippen LogP contribution in [0.1, 0.15) is 41.5 Å². The fourth-order valence-corrected chi connectivity index (χ4v) is 1.28. The van der Waals surface area contributed by atoms with Crippen LogP contribution in [0.5, 0.6) is 0 Å². The molecule has 0 fully saturated rings. The molecule has 0 aromatic rings. The Morgan fingerprint density at radius 3 is 2.25 bits per heavy atom. The summed E-state index contributed by atoms with van der Waals surface area (Å²) in [5.41, 5.74) is -0.467. The van der Waals surface area contributed by atoms with Gasteiger partial charge in [-0.2, -0.15) is 0 Å². The zero-order valence-electron chi connectivity index (χ0n) is 13.7. The summed E-state index contributed by atoms with van der Waals surface area (Å²) < 4.78 is 5.15. The lowest BCUT2D eigenvalue weighted by Crippen LogP contribution is -2.42. The van der Waals surface area contributed by atoms with E-state index < -0.39 is 11.7 Å². The van der Waals surface area contributed by atoms with Crippen LogP contribution in [-0.4, -0.2) is 43.8 Å². The van der Waals surface area contributed by atoms with E-state index in [-0.39, 0.29) is 0 Å². The SMILES string of the molecule is CCNC(=NCC(C)C)NCCNC(=O)OC(C)(C)C. The molecule has 0 aliphatic rings. The molecule has 6 heteroatoms. The van der Waals surface area contributed by atoms with E-state index in [9.17, 15) is 4.79 Å². The van der Waals surface area contributed by atoms with Gasteiger partial charge in [-0.1, -0.05) is 13.8 Å². The van der Waals surface area contributed by atoms with Crippen molar-refractivity contribution in [1.29, 1.82) is 0 Å². The number of nitrogens with one attached hydrogen (secondary N) is 3. The summed E-state index contributed by atoms with van der Waals surface area (Å²) in [5.74, 6) is 1.29. The molecule has 0 saturated heterocycles. The molecule has 0 rings (SSSR count). The van der Waals surface area contributed by atoms with E-state index in [0.29, 0.717) is 19.0 Å². The lowest BCUT2D eigenvalue weighted by Gasteiger charge is -2.20. The number of hydrogen-bond acceptors (Lipinski definition) is 3. The zero-order valence-corrected chi connectivity index (χ0v) is 13.7. The minimum absolute atomic E-state index is 0.400. The van der Waals surface area contributed by atoms with Crippen molar-refractivity contribution in [3.8, 4) is 0 Å². The normalized spacial score (nSPS) is 12.2. The predicted octanol–water partition coefficient (Wildman–Crippen LogP) is 1.72. The van der Waals surface area contributed by atoms with Crippen molar-refractivity contribution in [2.75, 3.05) is 26.2 Å². The molecule has 0 heterocycles. The van der Waals surface area contributed by atoms with Gasteiger partial charge in [0.1, 0.15) is 5.60 Å². The summed E-state index contributed by atoms with van der Waals surface area (Å²) in [5, 5.41) is 9.02. The van der Waals surface area contributed by atoms with Gasteiger partial charge in [-0.3, -0.25) is 4.99 Å². The third-order valence-electron chi connectivity index (χ3n) is 2.04. The third kappa shape index (κ3) is 11.6. The number of aliphatic imine (C=N–C) groups is 1. The van der Waals surface area contributed by atoms with Crippen LogP contribution in [0.2, 0.25) is 0 Å². The van der Waals surface area contributed by atoms with E-state index in [4.69, 9.17) is 4.74 Å². The average Bonchev–Trinajstić information content (AvgIpc) is 2.28. The molecule has 6 nitrogen and oxygen atoms in total. The van der Waals surface area contributed by atoms with E-state index in [1.165, 1.54) is 0 Å². The Morgan fingerprint density at radius 2 is 1.75 bits per heavy atom. The third-order valence-corrected chi connectivity index (χ3v) is 2.04. The number of ether oxygens (including phenoxy) is 1. The molecule has 0 aromatic heterocycles. The molecule has 0 spiro atoms. The summed E-state index contributed by atoms with van der Waals surface area (Å²) >= 11 is 0. The molecular formula is C14H30N4O2. The Labute approximate surface area is 122 Å². The maximum atomic E-state index is 11.4. The molecule has 0 bridgehead atoms. The van der Waals surface area contributed by atoms with Gasteiger partial charge in [-0.05, 0) is 33.6 Å². The first kappa shape index (κ1) is 18.5. The molecule has 0 saturated carbocycles. The first-order valence-corrected chi connectivity index (χ1v) is 7.23. The van der Waals surface area contributed by atoms with E-state index in [1.807, 2.05) is 27.7 Å². The van der Waals surface area contributed by atoms with Gasteiger partial charge in [-0.15, -0.1) is 0 Å². The fourth-order valence-electron chi connectivity index (χ4n) is 1.28. The monoisotopic (exact) mass is 286 g/mol. The number of nitrogens with zero attached hydrogens (tertiary/aromatic N) is 1. The van der Waals surface area contributed by atoms with Crippen LogP contribution in [0, 0.1) is 5.92 Å². The number of hydrogen-bond donors (Lipinski definition) is 3. The van der Waals surface area contributed by atoms with E-state index >= 15 is 0 Å². The smallest absolute Gasteiger partial charge is 0.407 e. The number of amides is 1. The quantitative estimate of drug-likeness (QED) is 0.395. The molecular weight excluding hydrogens is 256 g/mol. The standard InChI is InChI=1S/C14H30N4O2/c1-7-15-12(18-10-11(2)3)16-8-9-17-13(19)20-14(4,5)6/h11H,7-10H2,1-6H3,(H,17,19)(H2,15,16,18). The van der Waals surface area contributed by atoms with Crippen LogP contribution in [0.15, 0.2) is 4.99 Å². The summed E-state index contributed by atoms with van der Waals surface area (Å²) in [4.78, 5) is 15.9. The average molecular weight is 286 g/mol. The largest absolute Gasteiger partial charge is 0.444 e. The number of alkyl carbamates (subject to hydrolysis) is 1. The fraction of sp³-hybridized carbons (Fsp3) is 0.857. The second kappa shape index (κ2) is 9.44. The minimum atomic E-state index is -0.467. The predicted molar refractivity (Wildman–Crippen MR) is 83.1 cm³/mol. The van der Waals surface area contributed by atoms with Gasteiger partial charge in [0, 0.05) is 26.2 Å². The first-order valence-electron chi connectivity index (χ1n) is 7.23. The van der Waals surface area contributed by atoms with Crippen molar-refractivity contribution in [1.82, 2.24) is 16.0 Å². The van der Waals surface area contributed by atoms with Crippen LogP contribution >= 0.6 is 0 Å². The second-order valence-corrected chi connectivity index (χ2v) is 5.97. The Balaban J connectivity index is 3.94. The van der Waals surface area contributed by atoms with Crippen LogP contribution in [0.3, 0.4) is 0 Å². The van der Waals surface area contributed by atoms with Crippen molar-refractivity contribution in [3.05, 3.63) is 0 Å². The number of carbonyl (C=O) groups is 1. The Hall–Kier alpha value is -1.46.